The van der Waals surface area contributed by atoms with E-state index >= 15 is 0 Å². The number of alkyl halides is 3. The summed E-state index contributed by atoms with van der Waals surface area (Å²) >= 11 is 0. The summed E-state index contributed by atoms with van der Waals surface area (Å²) in [6.45, 7) is 0. The number of nitrogens with zero attached hydrogens (tertiary/aromatic N) is 3. The van der Waals surface area contributed by atoms with E-state index in [4.69, 9.17) is 0 Å². The fourth-order valence-electron chi connectivity index (χ4n) is 2.46. The molecule has 0 radical (unpaired) electrons. The highest BCUT2D eigenvalue weighted by atomic mass is 19.4. The van der Waals surface area contributed by atoms with Gasteiger partial charge < -0.3 is 0 Å². The van der Waals surface area contributed by atoms with E-state index in [1.165, 1.54) is 18.5 Å². The quantitative estimate of drug-likeness (QED) is 0.860. The molecule has 0 aliphatic heterocycles. The van der Waals surface area contributed by atoms with E-state index in [0.717, 1.165) is 30.7 Å². The summed E-state index contributed by atoms with van der Waals surface area (Å²) in [7, 11) is 0. The molecule has 1 unspecified atom stereocenters. The van der Waals surface area contributed by atoms with E-state index in [-0.39, 0.29) is 0 Å². The largest absolute Gasteiger partial charge is 0.416 e. The van der Waals surface area contributed by atoms with Crippen LogP contribution < -0.4 is 0 Å². The van der Waals surface area contributed by atoms with Gasteiger partial charge in [0.25, 0.3) is 0 Å². The summed E-state index contributed by atoms with van der Waals surface area (Å²) in [4.78, 5) is 8.21. The Bertz CT molecular complexity index is 713. The first-order valence-corrected chi connectivity index (χ1v) is 6.87. The fraction of sp³-hybridized carbons (Fsp3) is 0.312. The molecule has 0 spiro atoms. The van der Waals surface area contributed by atoms with Crippen molar-refractivity contribution in [3.8, 4) is 6.07 Å². The molecule has 1 aromatic heterocycles. The zero-order valence-electron chi connectivity index (χ0n) is 11.5. The Morgan fingerprint density at radius 1 is 1.18 bits per heavy atom. The summed E-state index contributed by atoms with van der Waals surface area (Å²) in [5, 5.41) is 9.46. The highest BCUT2D eigenvalue weighted by Crippen LogP contribution is 2.43. The maximum Gasteiger partial charge on any atom is 0.416 e. The molecule has 1 atom stereocenters. The van der Waals surface area contributed by atoms with Crippen molar-refractivity contribution in [3.05, 3.63) is 59.2 Å². The van der Waals surface area contributed by atoms with Gasteiger partial charge in [0.15, 0.2) is 0 Å². The molecular formula is C16H12F3N3. The monoisotopic (exact) mass is 303 g/mol. The van der Waals surface area contributed by atoms with Crippen LogP contribution in [0.1, 0.15) is 47.1 Å². The summed E-state index contributed by atoms with van der Waals surface area (Å²) in [6, 6.07) is 6.85. The number of nitriles is 1. The van der Waals surface area contributed by atoms with Crippen molar-refractivity contribution in [1.82, 2.24) is 9.97 Å². The minimum atomic E-state index is -4.38. The number of halogens is 3. The lowest BCUT2D eigenvalue weighted by molar-refractivity contribution is -0.137. The molecule has 1 saturated carbocycles. The van der Waals surface area contributed by atoms with E-state index in [1.54, 1.807) is 6.20 Å². The normalized spacial score (nSPS) is 16.1. The second-order valence-corrected chi connectivity index (χ2v) is 5.32. The maximum atomic E-state index is 12.6. The molecule has 3 rings (SSSR count). The molecule has 22 heavy (non-hydrogen) atoms. The Morgan fingerprint density at radius 3 is 2.41 bits per heavy atom. The molecule has 1 fully saturated rings. The van der Waals surface area contributed by atoms with E-state index < -0.39 is 17.7 Å². The number of aromatic nitrogens is 2. The van der Waals surface area contributed by atoms with Crippen LogP contribution in [0.3, 0.4) is 0 Å². The molecule has 1 heterocycles. The molecule has 1 aliphatic rings. The highest BCUT2D eigenvalue weighted by molar-refractivity contribution is 5.42. The van der Waals surface area contributed by atoms with Crippen molar-refractivity contribution in [1.29, 1.82) is 5.26 Å². The Balaban J connectivity index is 1.97. The standard InChI is InChI=1S/C16H12F3N3/c17-16(18,19)12-5-3-10(4-6-12)13(7-20)14-8-21-9-22-15(14)11-1-2-11/h3-6,8-9,11,13H,1-2H2. The number of hydrogen-bond donors (Lipinski definition) is 0. The second kappa shape index (κ2) is 5.41. The van der Waals surface area contributed by atoms with Gasteiger partial charge in [-0.15, -0.1) is 0 Å². The summed E-state index contributed by atoms with van der Waals surface area (Å²) in [6.07, 6.45) is 0.699. The first kappa shape index (κ1) is 14.5. The van der Waals surface area contributed by atoms with Crippen LogP contribution in [0.4, 0.5) is 13.2 Å². The first-order valence-electron chi connectivity index (χ1n) is 6.87. The van der Waals surface area contributed by atoms with Crippen molar-refractivity contribution in [3.63, 3.8) is 0 Å². The third kappa shape index (κ3) is 2.80. The smallest absolute Gasteiger partial charge is 0.244 e. The van der Waals surface area contributed by atoms with Crippen LogP contribution in [0.2, 0.25) is 0 Å². The number of rotatable bonds is 3. The van der Waals surface area contributed by atoms with Crippen molar-refractivity contribution >= 4 is 0 Å². The predicted octanol–water partition coefficient (Wildman–Crippen LogP) is 4.03. The maximum absolute atomic E-state index is 12.6. The molecule has 1 aromatic carbocycles. The summed E-state index contributed by atoms with van der Waals surface area (Å²) in [5.41, 5.74) is 1.32. The minimum Gasteiger partial charge on any atom is -0.244 e. The average Bonchev–Trinajstić information content (AvgIpc) is 3.33. The lowest BCUT2D eigenvalue weighted by Gasteiger charge is -2.14. The van der Waals surface area contributed by atoms with Gasteiger partial charge >= 0.3 is 6.18 Å². The van der Waals surface area contributed by atoms with Gasteiger partial charge in [0, 0.05) is 17.7 Å². The minimum absolute atomic E-state index is 0.336. The SMILES string of the molecule is N#CC(c1ccc(C(F)(F)F)cc1)c1cncnc1C1CC1. The van der Waals surface area contributed by atoms with Gasteiger partial charge in [0.2, 0.25) is 0 Å². The summed E-state index contributed by atoms with van der Waals surface area (Å²) < 4.78 is 37.9. The van der Waals surface area contributed by atoms with Crippen LogP contribution in [0.5, 0.6) is 0 Å². The van der Waals surface area contributed by atoms with Crippen LogP contribution >= 0.6 is 0 Å². The van der Waals surface area contributed by atoms with Gasteiger partial charge in [0.05, 0.1) is 23.2 Å². The van der Waals surface area contributed by atoms with Gasteiger partial charge in [-0.1, -0.05) is 12.1 Å². The predicted molar refractivity (Wildman–Crippen MR) is 72.9 cm³/mol. The molecule has 3 nitrogen and oxygen atoms in total. The Labute approximate surface area is 125 Å². The van der Waals surface area contributed by atoms with Gasteiger partial charge in [0.1, 0.15) is 6.33 Å². The molecule has 0 N–H and O–H groups in total. The van der Waals surface area contributed by atoms with Crippen molar-refractivity contribution < 1.29 is 13.2 Å². The van der Waals surface area contributed by atoms with Gasteiger partial charge in [-0.25, -0.2) is 9.97 Å². The van der Waals surface area contributed by atoms with Crippen LogP contribution in [0, 0.1) is 11.3 Å². The summed E-state index contributed by atoms with van der Waals surface area (Å²) in [5.74, 6) is -0.317. The van der Waals surface area contributed by atoms with Crippen molar-refractivity contribution in [2.45, 2.75) is 30.9 Å². The van der Waals surface area contributed by atoms with E-state index in [2.05, 4.69) is 16.0 Å². The molecule has 2 aromatic rings. The number of hydrogen-bond acceptors (Lipinski definition) is 3. The van der Waals surface area contributed by atoms with Gasteiger partial charge in [-0.2, -0.15) is 18.4 Å². The molecule has 0 bridgehead atoms. The second-order valence-electron chi connectivity index (χ2n) is 5.32. The zero-order valence-corrected chi connectivity index (χ0v) is 11.5. The topological polar surface area (TPSA) is 49.6 Å². The first-order chi connectivity index (χ1) is 10.5. The molecule has 0 saturated heterocycles. The zero-order chi connectivity index (χ0) is 15.7. The lowest BCUT2D eigenvalue weighted by atomic mass is 9.90. The van der Waals surface area contributed by atoms with Gasteiger partial charge in [-0.05, 0) is 30.5 Å². The highest BCUT2D eigenvalue weighted by Gasteiger charge is 2.32. The van der Waals surface area contributed by atoms with Crippen LogP contribution in [-0.2, 0) is 6.18 Å². The third-order valence-electron chi connectivity index (χ3n) is 3.75. The molecule has 112 valence electrons. The van der Waals surface area contributed by atoms with Crippen molar-refractivity contribution in [2.75, 3.05) is 0 Å². The van der Waals surface area contributed by atoms with Crippen LogP contribution in [-0.4, -0.2) is 9.97 Å². The molecule has 0 amide bonds. The van der Waals surface area contributed by atoms with E-state index in [0.29, 0.717) is 17.0 Å². The van der Waals surface area contributed by atoms with Crippen molar-refractivity contribution in [2.24, 2.45) is 0 Å². The van der Waals surface area contributed by atoms with E-state index in [9.17, 15) is 18.4 Å². The Kier molecular flexibility index (Phi) is 3.57. The Hall–Kier alpha value is -2.42. The van der Waals surface area contributed by atoms with E-state index in [1.807, 2.05) is 0 Å². The third-order valence-corrected chi connectivity index (χ3v) is 3.75. The molecule has 6 heteroatoms. The van der Waals surface area contributed by atoms with Crippen LogP contribution in [0.15, 0.2) is 36.8 Å². The average molecular weight is 303 g/mol. The Morgan fingerprint density at radius 2 is 1.86 bits per heavy atom. The molecular weight excluding hydrogens is 291 g/mol. The lowest BCUT2D eigenvalue weighted by Crippen LogP contribution is -2.07. The fourth-order valence-corrected chi connectivity index (χ4v) is 2.46. The number of benzene rings is 1. The molecule has 1 aliphatic carbocycles. The van der Waals surface area contributed by atoms with Crippen LogP contribution in [0.25, 0.3) is 0 Å². The van der Waals surface area contributed by atoms with Gasteiger partial charge in [-0.3, -0.25) is 0 Å².